The lowest BCUT2D eigenvalue weighted by atomic mass is 10.3. The van der Waals surface area contributed by atoms with E-state index in [9.17, 15) is 35.2 Å². The molecule has 21 heavy (non-hydrogen) atoms. The molecule has 1 aromatic carbocycles. The first-order valence-corrected chi connectivity index (χ1v) is 6.88. The number of rotatable bonds is 4. The zero-order chi connectivity index (χ0) is 16.4. The number of alkyl halides is 3. The van der Waals surface area contributed by atoms with Crippen molar-refractivity contribution in [1.82, 2.24) is 5.32 Å². The lowest BCUT2D eigenvalue weighted by Gasteiger charge is -2.10. The first kappa shape index (κ1) is 17.1. The number of anilines is 1. The highest BCUT2D eigenvalue weighted by Crippen LogP contribution is 2.23. The third kappa shape index (κ3) is 4.85. The Labute approximate surface area is 115 Å². The van der Waals surface area contributed by atoms with Gasteiger partial charge >= 0.3 is 6.18 Å². The molecular formula is C10H9F5N2O3S. The SMILES string of the molecule is Nc1cc(F)c(S(=O)(=O)CC(=O)NCC(F)(F)F)c(F)c1. The molecule has 0 fully saturated rings. The highest BCUT2D eigenvalue weighted by molar-refractivity contribution is 7.92. The molecule has 0 spiro atoms. The maximum Gasteiger partial charge on any atom is 0.405 e. The summed E-state index contributed by atoms with van der Waals surface area (Å²) < 4.78 is 85.7. The average Bonchev–Trinajstić information content (AvgIpc) is 2.22. The summed E-state index contributed by atoms with van der Waals surface area (Å²) in [6.45, 7) is -1.76. The number of nitrogens with two attached hydrogens (primary N) is 1. The summed E-state index contributed by atoms with van der Waals surface area (Å²) in [5, 5.41) is 1.29. The molecule has 0 saturated heterocycles. The number of halogens is 5. The van der Waals surface area contributed by atoms with Gasteiger partial charge in [-0.15, -0.1) is 0 Å². The van der Waals surface area contributed by atoms with E-state index in [1.807, 2.05) is 0 Å². The summed E-state index contributed by atoms with van der Waals surface area (Å²) in [5.74, 6) is -6.13. The van der Waals surface area contributed by atoms with Crippen molar-refractivity contribution in [1.29, 1.82) is 0 Å². The minimum absolute atomic E-state index is 0.384. The number of nitrogen functional groups attached to an aromatic ring is 1. The molecule has 1 rings (SSSR count). The summed E-state index contributed by atoms with van der Waals surface area (Å²) in [6.07, 6.45) is -4.74. The maximum atomic E-state index is 13.4. The molecule has 0 radical (unpaired) electrons. The second-order valence-electron chi connectivity index (χ2n) is 3.96. The lowest BCUT2D eigenvalue weighted by molar-refractivity contribution is -0.137. The van der Waals surface area contributed by atoms with Gasteiger partial charge in [-0.25, -0.2) is 17.2 Å². The number of amides is 1. The molecule has 0 aliphatic heterocycles. The summed E-state index contributed by atoms with van der Waals surface area (Å²) in [4.78, 5) is 9.69. The van der Waals surface area contributed by atoms with Crippen molar-refractivity contribution in [2.24, 2.45) is 0 Å². The Bertz CT molecular complexity index is 634. The Morgan fingerprint density at radius 3 is 2.10 bits per heavy atom. The molecule has 0 aliphatic rings. The van der Waals surface area contributed by atoms with Crippen molar-refractivity contribution >= 4 is 21.4 Å². The number of benzene rings is 1. The van der Waals surface area contributed by atoms with Gasteiger partial charge in [-0.1, -0.05) is 0 Å². The molecule has 0 atom stereocenters. The van der Waals surface area contributed by atoms with E-state index in [1.165, 1.54) is 5.32 Å². The van der Waals surface area contributed by atoms with Crippen LogP contribution < -0.4 is 11.1 Å². The molecule has 0 saturated carbocycles. The fourth-order valence-electron chi connectivity index (χ4n) is 1.37. The van der Waals surface area contributed by atoms with Gasteiger partial charge in [0, 0.05) is 5.69 Å². The summed E-state index contributed by atoms with van der Waals surface area (Å²) >= 11 is 0. The average molecular weight is 332 g/mol. The number of sulfone groups is 1. The predicted molar refractivity (Wildman–Crippen MR) is 61.9 cm³/mol. The second kappa shape index (κ2) is 5.84. The molecule has 1 aromatic rings. The number of hydrogen-bond donors (Lipinski definition) is 2. The first-order chi connectivity index (χ1) is 9.42. The van der Waals surface area contributed by atoms with Crippen molar-refractivity contribution in [3.8, 4) is 0 Å². The van der Waals surface area contributed by atoms with E-state index < -0.39 is 50.7 Å². The van der Waals surface area contributed by atoms with Gasteiger partial charge < -0.3 is 11.1 Å². The third-order valence-corrected chi connectivity index (χ3v) is 3.79. The molecule has 0 aliphatic carbocycles. The summed E-state index contributed by atoms with van der Waals surface area (Å²) in [7, 11) is -4.79. The number of carbonyl (C=O) groups is 1. The van der Waals surface area contributed by atoms with E-state index in [4.69, 9.17) is 5.73 Å². The van der Waals surface area contributed by atoms with E-state index in [0.29, 0.717) is 12.1 Å². The van der Waals surface area contributed by atoms with Gasteiger partial charge in [0.1, 0.15) is 28.8 Å². The molecule has 118 valence electrons. The van der Waals surface area contributed by atoms with Crippen LogP contribution in [0.2, 0.25) is 0 Å². The van der Waals surface area contributed by atoms with Crippen molar-refractivity contribution in [2.75, 3.05) is 18.0 Å². The number of hydrogen-bond acceptors (Lipinski definition) is 4. The summed E-state index contributed by atoms with van der Waals surface area (Å²) in [6, 6.07) is 1.03. The van der Waals surface area contributed by atoms with Crippen LogP contribution in [-0.4, -0.2) is 32.8 Å². The normalized spacial score (nSPS) is 12.2. The molecular weight excluding hydrogens is 323 g/mol. The van der Waals surface area contributed by atoms with Crippen LogP contribution in [0, 0.1) is 11.6 Å². The Morgan fingerprint density at radius 1 is 1.19 bits per heavy atom. The molecule has 3 N–H and O–H groups in total. The molecule has 5 nitrogen and oxygen atoms in total. The standard InChI is InChI=1S/C10H9F5N2O3S/c11-6-1-5(16)2-7(12)9(6)21(19,20)3-8(18)17-4-10(13,14)15/h1-2H,3-4,16H2,(H,17,18). The van der Waals surface area contributed by atoms with Crippen molar-refractivity contribution < 1.29 is 35.2 Å². The van der Waals surface area contributed by atoms with E-state index in [1.54, 1.807) is 0 Å². The quantitative estimate of drug-likeness (QED) is 0.636. The van der Waals surface area contributed by atoms with E-state index in [2.05, 4.69) is 0 Å². The zero-order valence-corrected chi connectivity index (χ0v) is 11.0. The van der Waals surface area contributed by atoms with Gasteiger partial charge in [0.05, 0.1) is 0 Å². The third-order valence-electron chi connectivity index (χ3n) is 2.14. The van der Waals surface area contributed by atoms with Gasteiger partial charge in [-0.05, 0) is 12.1 Å². The molecule has 1 amide bonds. The van der Waals surface area contributed by atoms with E-state index in [0.717, 1.165) is 0 Å². The molecule has 0 bridgehead atoms. The van der Waals surface area contributed by atoms with Crippen LogP contribution in [0.4, 0.5) is 27.6 Å². The topological polar surface area (TPSA) is 89.3 Å². The monoisotopic (exact) mass is 332 g/mol. The Kier molecular flexibility index (Phi) is 4.76. The highest BCUT2D eigenvalue weighted by atomic mass is 32.2. The van der Waals surface area contributed by atoms with Crippen LogP contribution in [0.3, 0.4) is 0 Å². The Hall–Kier alpha value is -1.91. The Balaban J connectivity index is 2.95. The minimum Gasteiger partial charge on any atom is -0.399 e. The van der Waals surface area contributed by atoms with Crippen LogP contribution in [0.25, 0.3) is 0 Å². The largest absolute Gasteiger partial charge is 0.405 e. The number of carbonyl (C=O) groups excluding carboxylic acids is 1. The summed E-state index contributed by atoms with van der Waals surface area (Å²) in [5.41, 5.74) is 4.71. The van der Waals surface area contributed by atoms with Gasteiger partial charge in [0.15, 0.2) is 9.84 Å². The molecule has 0 heterocycles. The lowest BCUT2D eigenvalue weighted by Crippen LogP contribution is -2.37. The highest BCUT2D eigenvalue weighted by Gasteiger charge is 2.31. The van der Waals surface area contributed by atoms with Crippen LogP contribution in [0.5, 0.6) is 0 Å². The fourth-order valence-corrected chi connectivity index (χ4v) is 2.67. The van der Waals surface area contributed by atoms with E-state index >= 15 is 0 Å². The maximum absolute atomic E-state index is 13.4. The van der Waals surface area contributed by atoms with Crippen LogP contribution in [0.15, 0.2) is 17.0 Å². The van der Waals surface area contributed by atoms with Crippen molar-refractivity contribution in [2.45, 2.75) is 11.1 Å². The Morgan fingerprint density at radius 2 is 1.67 bits per heavy atom. The predicted octanol–water partition coefficient (Wildman–Crippen LogP) is 0.999. The van der Waals surface area contributed by atoms with Gasteiger partial charge in [0.25, 0.3) is 0 Å². The van der Waals surface area contributed by atoms with Crippen LogP contribution in [-0.2, 0) is 14.6 Å². The molecule has 11 heteroatoms. The minimum atomic E-state index is -4.79. The molecule has 0 aromatic heterocycles. The zero-order valence-electron chi connectivity index (χ0n) is 10.2. The van der Waals surface area contributed by atoms with Crippen LogP contribution in [0.1, 0.15) is 0 Å². The number of nitrogens with one attached hydrogen (secondary N) is 1. The van der Waals surface area contributed by atoms with Crippen molar-refractivity contribution in [3.63, 3.8) is 0 Å². The first-order valence-electron chi connectivity index (χ1n) is 5.23. The van der Waals surface area contributed by atoms with E-state index in [-0.39, 0.29) is 5.69 Å². The second-order valence-corrected chi connectivity index (χ2v) is 5.89. The molecule has 0 unspecified atom stereocenters. The van der Waals surface area contributed by atoms with Gasteiger partial charge in [0.2, 0.25) is 5.91 Å². The smallest absolute Gasteiger partial charge is 0.399 e. The van der Waals surface area contributed by atoms with Gasteiger partial charge in [-0.2, -0.15) is 13.2 Å². The van der Waals surface area contributed by atoms with Crippen LogP contribution >= 0.6 is 0 Å². The van der Waals surface area contributed by atoms with Gasteiger partial charge in [-0.3, -0.25) is 4.79 Å². The van der Waals surface area contributed by atoms with Crippen molar-refractivity contribution in [3.05, 3.63) is 23.8 Å². The fraction of sp³-hybridized carbons (Fsp3) is 0.300.